The summed E-state index contributed by atoms with van der Waals surface area (Å²) in [6, 6.07) is 22.2. The zero-order valence-corrected chi connectivity index (χ0v) is 28.6. The SMILES string of the molecule is COc1c(C)cc2c(c1OCc1ccccc1)[C@@H]1[C@H]3[C@H](O)c4c(O)c(C)c5c(c4[C@H](COCc4ccccc4)N3[C@@H](C#N)[C@H](C2)N1C)OCO5. The van der Waals surface area contributed by atoms with E-state index in [1.54, 1.807) is 14.0 Å². The number of likely N-dealkylation sites (N-methyl/N-ethyl adjacent to an activating group) is 1. The van der Waals surface area contributed by atoms with Crippen molar-refractivity contribution >= 4 is 0 Å². The Morgan fingerprint density at radius 3 is 2.28 bits per heavy atom. The number of rotatable bonds is 8. The number of benzene rings is 4. The Balaban J connectivity index is 1.30. The first kappa shape index (κ1) is 32.4. The van der Waals surface area contributed by atoms with Crippen molar-refractivity contribution in [1.82, 2.24) is 9.80 Å². The average Bonchev–Trinajstić information content (AvgIpc) is 3.62. The second-order valence-electron chi connectivity index (χ2n) is 13.6. The Hall–Kier alpha value is -4.79. The minimum absolute atomic E-state index is 0.00646. The quantitative estimate of drug-likeness (QED) is 0.237. The van der Waals surface area contributed by atoms with Crippen LogP contribution in [-0.4, -0.2) is 65.7 Å². The van der Waals surface area contributed by atoms with Crippen LogP contribution in [0.25, 0.3) is 0 Å². The van der Waals surface area contributed by atoms with Gasteiger partial charge in [0.2, 0.25) is 6.79 Å². The lowest BCUT2D eigenvalue weighted by molar-refractivity contribution is -0.132. The van der Waals surface area contributed by atoms with E-state index in [-0.39, 0.29) is 25.2 Å². The normalized spacial score (nSPS) is 24.9. The Labute approximate surface area is 291 Å². The molecule has 0 spiro atoms. The van der Waals surface area contributed by atoms with Gasteiger partial charge in [-0.3, -0.25) is 9.80 Å². The zero-order chi connectivity index (χ0) is 34.7. The number of fused-ring (bicyclic) bond motifs is 9. The number of piperazine rings is 1. The van der Waals surface area contributed by atoms with E-state index < -0.39 is 30.3 Å². The molecule has 4 aliphatic heterocycles. The van der Waals surface area contributed by atoms with Crippen molar-refractivity contribution in [3.05, 3.63) is 111 Å². The lowest BCUT2D eigenvalue weighted by Crippen LogP contribution is -2.69. The summed E-state index contributed by atoms with van der Waals surface area (Å²) >= 11 is 0. The molecule has 0 amide bonds. The highest BCUT2D eigenvalue weighted by Crippen LogP contribution is 2.61. The van der Waals surface area contributed by atoms with Gasteiger partial charge in [-0.1, -0.05) is 66.7 Å². The number of phenols is 1. The van der Waals surface area contributed by atoms with Crippen LogP contribution in [0.5, 0.6) is 28.7 Å². The van der Waals surface area contributed by atoms with Gasteiger partial charge in [-0.15, -0.1) is 0 Å². The van der Waals surface area contributed by atoms with E-state index in [4.69, 9.17) is 23.7 Å². The highest BCUT2D eigenvalue weighted by molar-refractivity contribution is 5.67. The van der Waals surface area contributed by atoms with Crippen LogP contribution >= 0.6 is 0 Å². The van der Waals surface area contributed by atoms with E-state index in [2.05, 4.69) is 21.9 Å². The first-order valence-electron chi connectivity index (χ1n) is 17.0. The second kappa shape index (κ2) is 12.8. The van der Waals surface area contributed by atoms with Crippen LogP contribution in [0.15, 0.2) is 66.7 Å². The molecular formula is C40H41N3O7. The molecule has 0 saturated carbocycles. The molecule has 4 aromatic rings. The number of aliphatic hydroxyl groups excluding tert-OH is 1. The molecule has 0 radical (unpaired) electrons. The maximum absolute atomic E-state index is 12.6. The van der Waals surface area contributed by atoms with E-state index in [0.29, 0.717) is 59.3 Å². The predicted molar refractivity (Wildman–Crippen MR) is 184 cm³/mol. The molecule has 258 valence electrons. The predicted octanol–water partition coefficient (Wildman–Crippen LogP) is 5.80. The molecule has 1 saturated heterocycles. The van der Waals surface area contributed by atoms with Crippen molar-refractivity contribution in [2.75, 3.05) is 27.6 Å². The summed E-state index contributed by atoms with van der Waals surface area (Å²) in [7, 11) is 3.66. The monoisotopic (exact) mass is 675 g/mol. The molecule has 10 heteroatoms. The summed E-state index contributed by atoms with van der Waals surface area (Å²) in [4.78, 5) is 4.31. The molecule has 10 nitrogen and oxygen atoms in total. The van der Waals surface area contributed by atoms with E-state index in [1.165, 1.54) is 0 Å². The van der Waals surface area contributed by atoms with Crippen LogP contribution in [0.2, 0.25) is 0 Å². The number of aryl methyl sites for hydroxylation is 1. The standard InChI is InChI=1S/C40H41N3O7/c1-22-15-26-16-27-28(17-41)43-29(20-47-18-24-11-7-5-8-12-24)31-32(35(44)23(2)38-40(31)50-21-49-38)36(45)34(43)33(42(27)3)30(26)39(37(22)46-4)48-19-25-13-9-6-10-14-25/h5-15,27-29,33-34,36,44-45H,16,18-21H2,1-4H3/t27-,28-,29-,33+,34-,36+/m0/s1. The number of phenolic OH excluding ortho intramolecular Hbond substituents is 1. The van der Waals surface area contributed by atoms with Crippen LogP contribution in [0, 0.1) is 25.2 Å². The maximum Gasteiger partial charge on any atom is 0.231 e. The summed E-state index contributed by atoms with van der Waals surface area (Å²) in [6.07, 6.45) is -0.610. The summed E-state index contributed by atoms with van der Waals surface area (Å²) in [5.41, 5.74) is 6.41. The summed E-state index contributed by atoms with van der Waals surface area (Å²) in [5, 5.41) is 35.4. The van der Waals surface area contributed by atoms with Crippen molar-refractivity contribution in [3.63, 3.8) is 0 Å². The highest BCUT2D eigenvalue weighted by Gasteiger charge is 2.59. The third-order valence-corrected chi connectivity index (χ3v) is 10.9. The van der Waals surface area contributed by atoms with Crippen LogP contribution < -0.4 is 18.9 Å². The van der Waals surface area contributed by atoms with Gasteiger partial charge in [-0.05, 0) is 49.6 Å². The van der Waals surface area contributed by atoms with Gasteiger partial charge in [0, 0.05) is 28.3 Å². The molecule has 2 N–H and O–H groups in total. The van der Waals surface area contributed by atoms with Gasteiger partial charge in [-0.25, -0.2) is 0 Å². The van der Waals surface area contributed by atoms with Gasteiger partial charge in [0.05, 0.1) is 44.5 Å². The molecule has 6 atom stereocenters. The van der Waals surface area contributed by atoms with Gasteiger partial charge >= 0.3 is 0 Å². The molecule has 50 heavy (non-hydrogen) atoms. The number of nitrogens with zero attached hydrogens (tertiary/aromatic N) is 3. The second-order valence-corrected chi connectivity index (χ2v) is 13.6. The van der Waals surface area contributed by atoms with Gasteiger partial charge in [-0.2, -0.15) is 5.26 Å². The Morgan fingerprint density at radius 2 is 1.60 bits per heavy atom. The highest BCUT2D eigenvalue weighted by atomic mass is 16.7. The molecule has 4 heterocycles. The molecule has 0 unspecified atom stereocenters. The van der Waals surface area contributed by atoms with Crippen LogP contribution in [-0.2, 0) is 24.4 Å². The first-order chi connectivity index (χ1) is 24.3. The van der Waals surface area contributed by atoms with E-state index in [0.717, 1.165) is 27.8 Å². The fourth-order valence-corrected chi connectivity index (χ4v) is 8.73. The molecule has 0 aromatic heterocycles. The number of aromatic hydroxyl groups is 1. The number of nitriles is 1. The lowest BCUT2D eigenvalue weighted by atomic mass is 9.70. The van der Waals surface area contributed by atoms with Crippen LogP contribution in [0.3, 0.4) is 0 Å². The van der Waals surface area contributed by atoms with Crippen molar-refractivity contribution in [1.29, 1.82) is 5.26 Å². The third kappa shape index (κ3) is 4.99. The fourth-order valence-electron chi connectivity index (χ4n) is 8.73. The van der Waals surface area contributed by atoms with Crippen molar-refractivity contribution in [2.45, 2.75) is 69.8 Å². The van der Waals surface area contributed by atoms with Gasteiger partial charge < -0.3 is 33.9 Å². The molecule has 1 fully saturated rings. The lowest BCUT2D eigenvalue weighted by Gasteiger charge is -2.61. The molecule has 0 aliphatic carbocycles. The van der Waals surface area contributed by atoms with Gasteiger partial charge in [0.25, 0.3) is 0 Å². The van der Waals surface area contributed by atoms with Crippen LogP contribution in [0.4, 0.5) is 0 Å². The topological polar surface area (TPSA) is 117 Å². The minimum atomic E-state index is -1.20. The molecule has 4 aromatic carbocycles. The summed E-state index contributed by atoms with van der Waals surface area (Å²) < 4.78 is 31.1. The molecule has 2 bridgehead atoms. The zero-order valence-electron chi connectivity index (χ0n) is 28.6. The Morgan fingerprint density at radius 1 is 0.920 bits per heavy atom. The average molecular weight is 676 g/mol. The number of hydrogen-bond donors (Lipinski definition) is 2. The third-order valence-electron chi connectivity index (χ3n) is 10.9. The van der Waals surface area contributed by atoms with Gasteiger partial charge in [0.1, 0.15) is 24.5 Å². The molecule has 4 aliphatic rings. The summed E-state index contributed by atoms with van der Waals surface area (Å²) in [5.74, 6) is 2.14. The van der Waals surface area contributed by atoms with Crippen molar-refractivity contribution in [2.24, 2.45) is 0 Å². The summed E-state index contributed by atoms with van der Waals surface area (Å²) in [6.45, 7) is 4.63. The smallest absolute Gasteiger partial charge is 0.231 e. The maximum atomic E-state index is 12.6. The number of aliphatic hydroxyl groups is 1. The van der Waals surface area contributed by atoms with Crippen molar-refractivity contribution < 1.29 is 33.9 Å². The van der Waals surface area contributed by atoms with E-state index in [1.807, 2.05) is 74.6 Å². The Bertz CT molecular complexity index is 1960. The van der Waals surface area contributed by atoms with Crippen LogP contribution in [0.1, 0.15) is 62.7 Å². The fraction of sp³-hybridized carbons (Fsp3) is 0.375. The first-order valence-corrected chi connectivity index (χ1v) is 17.0. The van der Waals surface area contributed by atoms with Crippen molar-refractivity contribution in [3.8, 4) is 34.8 Å². The number of hydrogen-bond acceptors (Lipinski definition) is 10. The minimum Gasteiger partial charge on any atom is -0.507 e. The van der Waals surface area contributed by atoms with E-state index in [9.17, 15) is 15.5 Å². The molecular weight excluding hydrogens is 634 g/mol. The Kier molecular flexibility index (Phi) is 8.32. The van der Waals surface area contributed by atoms with Gasteiger partial charge in [0.15, 0.2) is 23.0 Å². The molecule has 8 rings (SSSR count). The van der Waals surface area contributed by atoms with E-state index >= 15 is 0 Å². The largest absolute Gasteiger partial charge is 0.507 e. The number of methoxy groups -OCH3 is 1. The number of ether oxygens (including phenoxy) is 5.